The summed E-state index contributed by atoms with van der Waals surface area (Å²) in [5.41, 5.74) is 0.847. The Hall–Kier alpha value is -3.26. The number of rotatable bonds is 11. The highest BCUT2D eigenvalue weighted by Gasteiger charge is 2.52. The average Bonchev–Trinajstić information content (AvgIpc) is 2.84. The first-order valence-electron chi connectivity index (χ1n) is 11.6. The van der Waals surface area contributed by atoms with Crippen molar-refractivity contribution >= 4 is 30.6 Å². The number of hydrogen-bond donors (Lipinski definition) is 1. The monoisotopic (exact) mass is 492 g/mol. The van der Waals surface area contributed by atoms with Gasteiger partial charge in [-0.3, -0.25) is 14.2 Å². The lowest BCUT2D eigenvalue weighted by Gasteiger charge is -2.41. The summed E-state index contributed by atoms with van der Waals surface area (Å²) in [6.07, 6.45) is -1.63. The molecular formula is C28H32O6Si. The minimum Gasteiger partial charge on any atom is -0.481 e. The predicted octanol–water partition coefficient (Wildman–Crippen LogP) is 4.47. The Morgan fingerprint density at radius 3 is 1.74 bits per heavy atom. The van der Waals surface area contributed by atoms with E-state index < -0.39 is 32.8 Å². The van der Waals surface area contributed by atoms with Crippen LogP contribution in [0.5, 0.6) is 0 Å². The first-order valence-corrected chi connectivity index (χ1v) is 13.5. The molecule has 0 aromatic heterocycles. The largest absolute Gasteiger partial charge is 0.481 e. The van der Waals surface area contributed by atoms with Crippen molar-refractivity contribution in [2.75, 3.05) is 0 Å². The van der Waals surface area contributed by atoms with E-state index in [9.17, 15) is 14.7 Å². The number of esters is 1. The van der Waals surface area contributed by atoms with E-state index in [4.69, 9.17) is 14.2 Å². The molecule has 3 aromatic rings. The molecule has 0 amide bonds. The molecule has 0 fully saturated rings. The molecule has 0 spiro atoms. The van der Waals surface area contributed by atoms with Gasteiger partial charge in [0, 0.05) is 0 Å². The van der Waals surface area contributed by atoms with Crippen molar-refractivity contribution in [1.29, 1.82) is 0 Å². The molecule has 0 saturated carbocycles. The second-order valence-corrected chi connectivity index (χ2v) is 13.6. The van der Waals surface area contributed by atoms with Crippen LogP contribution in [0.1, 0.15) is 39.2 Å². The summed E-state index contributed by atoms with van der Waals surface area (Å²) >= 11 is 0. The Balaban J connectivity index is 1.84. The Morgan fingerprint density at radius 2 is 1.29 bits per heavy atom. The fourth-order valence-electron chi connectivity index (χ4n) is 4.06. The molecule has 0 aliphatic rings. The van der Waals surface area contributed by atoms with Gasteiger partial charge in [0.1, 0.15) is 12.7 Å². The molecule has 0 aliphatic heterocycles. The van der Waals surface area contributed by atoms with Crippen LogP contribution < -0.4 is 10.4 Å². The van der Waals surface area contributed by atoms with E-state index >= 15 is 0 Å². The standard InChI is InChI=1S/C28H32O6Si/c1-28(2,3)35(24-15-9-5-10-16-24,25-17-11-6-12-18-25)34-33-23(19-26(29)30)20-27(31)32-21-22-13-7-4-8-14-22/h4-18,23H,19-21H2,1-3H3,(H,29,30)/t23-/m1/s1. The van der Waals surface area contributed by atoms with Crippen LogP contribution in [-0.2, 0) is 30.4 Å². The van der Waals surface area contributed by atoms with Crippen LogP contribution in [0.15, 0.2) is 91.0 Å². The predicted molar refractivity (Wildman–Crippen MR) is 137 cm³/mol. The van der Waals surface area contributed by atoms with E-state index in [1.54, 1.807) is 0 Å². The van der Waals surface area contributed by atoms with Gasteiger partial charge < -0.3 is 9.84 Å². The highest BCUT2D eigenvalue weighted by molar-refractivity contribution is 6.99. The quantitative estimate of drug-likeness (QED) is 0.184. The molecular weight excluding hydrogens is 460 g/mol. The molecule has 0 saturated heterocycles. The number of aliphatic carboxylic acids is 1. The number of ether oxygens (including phenoxy) is 1. The summed E-state index contributed by atoms with van der Waals surface area (Å²) in [6.45, 7) is 6.36. The van der Waals surface area contributed by atoms with Crippen LogP contribution in [0.4, 0.5) is 0 Å². The number of benzene rings is 3. The molecule has 0 unspecified atom stereocenters. The molecule has 184 valence electrons. The smallest absolute Gasteiger partial charge is 0.308 e. The molecule has 7 heteroatoms. The van der Waals surface area contributed by atoms with Crippen molar-refractivity contribution in [3.8, 4) is 0 Å². The van der Waals surface area contributed by atoms with E-state index in [1.165, 1.54) is 0 Å². The second-order valence-electron chi connectivity index (χ2n) is 9.41. The van der Waals surface area contributed by atoms with E-state index in [0.717, 1.165) is 15.9 Å². The molecule has 0 aliphatic carbocycles. The van der Waals surface area contributed by atoms with Gasteiger partial charge in [0.25, 0.3) is 0 Å². The van der Waals surface area contributed by atoms with Crippen molar-refractivity contribution in [1.82, 2.24) is 0 Å². The molecule has 3 aromatic carbocycles. The van der Waals surface area contributed by atoms with E-state index in [0.29, 0.717) is 0 Å². The molecule has 6 nitrogen and oxygen atoms in total. The summed E-state index contributed by atoms with van der Waals surface area (Å²) in [5, 5.41) is 11.1. The van der Waals surface area contributed by atoms with Gasteiger partial charge in [0.05, 0.1) is 12.8 Å². The topological polar surface area (TPSA) is 82.1 Å². The number of carboxylic acid groups (broad SMARTS) is 1. The maximum Gasteiger partial charge on any atom is 0.308 e. The molecule has 1 N–H and O–H groups in total. The lowest BCUT2D eigenvalue weighted by molar-refractivity contribution is -0.258. The zero-order chi connectivity index (χ0) is 25.3. The van der Waals surface area contributed by atoms with Crippen molar-refractivity contribution in [2.45, 2.75) is 51.4 Å². The highest BCUT2D eigenvalue weighted by Crippen LogP contribution is 2.37. The summed E-state index contributed by atoms with van der Waals surface area (Å²) < 4.78 is 11.7. The van der Waals surface area contributed by atoms with E-state index in [-0.39, 0.29) is 18.1 Å². The Bertz CT molecular complexity index is 1040. The third-order valence-corrected chi connectivity index (χ3v) is 10.5. The Labute approximate surface area is 207 Å². The highest BCUT2D eigenvalue weighted by atomic mass is 28.4. The maximum absolute atomic E-state index is 12.5. The normalized spacial score (nSPS) is 12.7. The molecule has 3 rings (SSSR count). The Morgan fingerprint density at radius 1 is 0.800 bits per heavy atom. The second kappa shape index (κ2) is 11.9. The fraction of sp³-hybridized carbons (Fsp3) is 0.286. The molecule has 35 heavy (non-hydrogen) atoms. The van der Waals surface area contributed by atoms with Crippen molar-refractivity contribution in [3.63, 3.8) is 0 Å². The lowest BCUT2D eigenvalue weighted by atomic mass is 10.2. The van der Waals surface area contributed by atoms with Crippen LogP contribution in [0.2, 0.25) is 5.04 Å². The Kier molecular flexibility index (Phi) is 8.98. The number of carbonyl (C=O) groups is 2. The van der Waals surface area contributed by atoms with Gasteiger partial charge in [-0.2, -0.15) is 0 Å². The van der Waals surface area contributed by atoms with E-state index in [1.807, 2.05) is 91.0 Å². The van der Waals surface area contributed by atoms with Gasteiger partial charge >= 0.3 is 20.3 Å². The first-order chi connectivity index (χ1) is 16.7. The van der Waals surface area contributed by atoms with Crippen LogP contribution >= 0.6 is 0 Å². The summed E-state index contributed by atoms with van der Waals surface area (Å²) in [5.74, 6) is -1.64. The van der Waals surface area contributed by atoms with Crippen molar-refractivity contribution < 1.29 is 28.9 Å². The van der Waals surface area contributed by atoms with Gasteiger partial charge in [-0.15, -0.1) is 0 Å². The minimum atomic E-state index is -3.05. The summed E-state index contributed by atoms with van der Waals surface area (Å²) in [4.78, 5) is 29.9. The van der Waals surface area contributed by atoms with Gasteiger partial charge in [-0.1, -0.05) is 112 Å². The van der Waals surface area contributed by atoms with Crippen molar-refractivity contribution in [2.24, 2.45) is 0 Å². The number of carboxylic acids is 1. The van der Waals surface area contributed by atoms with Gasteiger partial charge in [0.15, 0.2) is 0 Å². The zero-order valence-corrected chi connectivity index (χ0v) is 21.3. The maximum atomic E-state index is 12.5. The molecule has 1 atom stereocenters. The van der Waals surface area contributed by atoms with Crippen molar-refractivity contribution in [3.05, 3.63) is 96.6 Å². The van der Waals surface area contributed by atoms with Crippen LogP contribution in [0, 0.1) is 0 Å². The minimum absolute atomic E-state index is 0.106. The zero-order valence-electron chi connectivity index (χ0n) is 20.3. The van der Waals surface area contributed by atoms with Crippen LogP contribution in [-0.4, -0.2) is 31.5 Å². The molecule has 0 heterocycles. The molecule has 0 radical (unpaired) electrons. The van der Waals surface area contributed by atoms with Gasteiger partial charge in [-0.05, 0) is 21.0 Å². The summed E-state index contributed by atoms with van der Waals surface area (Å²) in [6, 6.07) is 29.0. The lowest BCUT2D eigenvalue weighted by Crippen LogP contribution is -2.66. The fourth-order valence-corrected chi connectivity index (χ4v) is 8.17. The van der Waals surface area contributed by atoms with Gasteiger partial charge in [-0.25, -0.2) is 4.89 Å². The first kappa shape index (κ1) is 26.3. The van der Waals surface area contributed by atoms with Crippen LogP contribution in [0.3, 0.4) is 0 Å². The third-order valence-electron chi connectivity index (χ3n) is 5.77. The summed E-state index contributed by atoms with van der Waals surface area (Å²) in [7, 11) is -3.05. The number of hydrogen-bond acceptors (Lipinski definition) is 5. The van der Waals surface area contributed by atoms with Crippen LogP contribution in [0.25, 0.3) is 0 Å². The number of carbonyl (C=O) groups excluding carboxylic acids is 1. The van der Waals surface area contributed by atoms with Gasteiger partial charge in [0.2, 0.25) is 0 Å². The molecule has 0 bridgehead atoms. The SMILES string of the molecule is CC(C)(C)[Si](OO[C@H](CC(=O)O)CC(=O)OCc1ccccc1)(c1ccccc1)c1ccccc1. The van der Waals surface area contributed by atoms with E-state index in [2.05, 4.69) is 20.8 Å². The average molecular weight is 493 g/mol. The third kappa shape index (κ3) is 6.88.